The van der Waals surface area contributed by atoms with Crippen LogP contribution in [0, 0.1) is 11.3 Å². The van der Waals surface area contributed by atoms with E-state index in [1.807, 2.05) is 36.4 Å². The molecule has 0 saturated carbocycles. The van der Waals surface area contributed by atoms with E-state index >= 15 is 0 Å². The van der Waals surface area contributed by atoms with Crippen LogP contribution in [-0.4, -0.2) is 48.1 Å². The fourth-order valence-corrected chi connectivity index (χ4v) is 10.6. The van der Waals surface area contributed by atoms with Crippen LogP contribution in [0.5, 0.6) is 0 Å². The molecule has 0 saturated heterocycles. The molecule has 0 N–H and O–H groups in total. The lowest BCUT2D eigenvalue weighted by Crippen LogP contribution is -2.51. The Bertz CT molecular complexity index is 2440. The van der Waals surface area contributed by atoms with Crippen molar-refractivity contribution in [2.24, 2.45) is 11.3 Å². The van der Waals surface area contributed by atoms with Crippen molar-refractivity contribution < 1.29 is 52.7 Å². The molecule has 0 aromatic heterocycles. The molecule has 4 aromatic rings. The van der Waals surface area contributed by atoms with Gasteiger partial charge in [0.1, 0.15) is 0 Å². The molecule has 3 aliphatic carbocycles. The van der Waals surface area contributed by atoms with Crippen molar-refractivity contribution in [3.63, 3.8) is 0 Å². The number of alkyl halides is 12. The van der Waals surface area contributed by atoms with Crippen LogP contribution in [-0.2, 0) is 16.2 Å². The topological polar surface area (TPSA) is 6.48 Å². The van der Waals surface area contributed by atoms with Crippen molar-refractivity contribution >= 4 is 31.9 Å². The van der Waals surface area contributed by atoms with Crippen molar-refractivity contribution in [2.75, 3.05) is 13.1 Å². The molecule has 4 aromatic carbocycles. The molecule has 2 unspecified atom stereocenters. The minimum Gasteiger partial charge on any atom is -0.155 e. The first-order valence-corrected chi connectivity index (χ1v) is 22.0. The third-order valence-corrected chi connectivity index (χ3v) is 14.1. The van der Waals surface area contributed by atoms with Gasteiger partial charge in [-0.3, -0.25) is 0 Å². The fourth-order valence-electron chi connectivity index (χ4n) is 9.86. The molecule has 16 heteroatoms. The van der Waals surface area contributed by atoms with Gasteiger partial charge in [0.25, 0.3) is 0 Å². The van der Waals surface area contributed by atoms with Crippen LogP contribution in [0.15, 0.2) is 106 Å². The van der Waals surface area contributed by atoms with Crippen molar-refractivity contribution in [1.82, 2.24) is 9.80 Å². The summed E-state index contributed by atoms with van der Waals surface area (Å²) in [6, 6.07) is 21.4. The average molecular weight is 1040 g/mol. The highest BCUT2D eigenvalue weighted by Crippen LogP contribution is 2.63. The molecule has 3 aliphatic rings. The Labute approximate surface area is 380 Å². The predicted octanol–water partition coefficient (Wildman–Crippen LogP) is 16.1. The Hall–Kier alpha value is -3.60. The number of fused-ring (bicyclic) bond motifs is 6. The van der Waals surface area contributed by atoms with Gasteiger partial charge in [-0.1, -0.05) is 128 Å². The summed E-state index contributed by atoms with van der Waals surface area (Å²) in [5.74, 6) is 0.159. The summed E-state index contributed by atoms with van der Waals surface area (Å²) in [6.07, 6.45) is -19.2. The number of halogens is 14. The van der Waals surface area contributed by atoms with Gasteiger partial charge in [0.05, 0.1) is 5.41 Å². The zero-order chi connectivity index (χ0) is 47.4. The normalized spacial score (nSPS) is 19.8. The number of hydrogen-bond acceptors (Lipinski definition) is 2. The van der Waals surface area contributed by atoms with Crippen LogP contribution >= 0.6 is 31.9 Å². The second-order valence-electron chi connectivity index (χ2n) is 18.9. The van der Waals surface area contributed by atoms with Crippen LogP contribution < -0.4 is 0 Å². The van der Waals surface area contributed by atoms with E-state index in [2.05, 4.69) is 91.6 Å². The molecule has 0 bridgehead atoms. The smallest absolute Gasteiger partial charge is 0.155 e. The summed E-state index contributed by atoms with van der Waals surface area (Å²) in [4.78, 5) is -3.39. The van der Waals surface area contributed by atoms with Gasteiger partial charge >= 0.3 is 25.2 Å². The molecule has 0 spiro atoms. The molecule has 0 heterocycles. The van der Waals surface area contributed by atoms with Gasteiger partial charge in [-0.2, -0.15) is 52.7 Å². The van der Waals surface area contributed by atoms with Crippen LogP contribution in [0.1, 0.15) is 94.2 Å². The summed E-state index contributed by atoms with van der Waals surface area (Å²) < 4.78 is 171. The molecule has 2 atom stereocenters. The Morgan fingerprint density at radius 1 is 0.547 bits per heavy atom. The van der Waals surface area contributed by atoms with Gasteiger partial charge in [0.2, 0.25) is 0 Å². The molecule has 2 nitrogen and oxygen atoms in total. The second-order valence-corrected chi connectivity index (χ2v) is 20.7. The van der Waals surface area contributed by atoms with Crippen molar-refractivity contribution in [1.29, 1.82) is 0 Å². The monoisotopic (exact) mass is 1030 g/mol. The first kappa shape index (κ1) is 48.3. The van der Waals surface area contributed by atoms with Crippen LogP contribution in [0.2, 0.25) is 0 Å². The number of nitrogens with zero attached hydrogens (tertiary/aromatic N) is 2. The number of allylic oxidation sites excluding steroid dienone is 4. The fraction of sp³-hybridized carbons (Fsp3) is 0.417. The van der Waals surface area contributed by atoms with Gasteiger partial charge in [-0.05, 0) is 134 Å². The van der Waals surface area contributed by atoms with Crippen LogP contribution in [0.3, 0.4) is 0 Å². The van der Waals surface area contributed by atoms with Gasteiger partial charge in [0, 0.05) is 27.4 Å². The maximum absolute atomic E-state index is 14.2. The first-order valence-electron chi connectivity index (χ1n) is 20.4. The molecule has 344 valence electrons. The SMILES string of the molecule is CC(C)(C)c1ccc(C2(C3=CCC(C(C)(C)C)C=C3)c3cc(Br)ccc3-c3cc4c(cc32)-c2ccc(Br)cc2C4(CCN(C(F)(F)F)C(F)(F)F)CCN(C(F)(F)F)C(F)(F)F)cc1. The highest BCUT2D eigenvalue weighted by molar-refractivity contribution is 9.10. The zero-order valence-electron chi connectivity index (χ0n) is 35.5. The predicted molar refractivity (Wildman–Crippen MR) is 230 cm³/mol. The van der Waals surface area contributed by atoms with Gasteiger partial charge in [-0.15, -0.1) is 9.80 Å². The van der Waals surface area contributed by atoms with Gasteiger partial charge < -0.3 is 0 Å². The minimum absolute atomic E-state index is 0.00453. The lowest BCUT2D eigenvalue weighted by Gasteiger charge is -2.39. The van der Waals surface area contributed by atoms with Gasteiger partial charge in [0.15, 0.2) is 0 Å². The zero-order valence-corrected chi connectivity index (χ0v) is 38.6. The van der Waals surface area contributed by atoms with E-state index in [-0.39, 0.29) is 43.5 Å². The maximum Gasteiger partial charge on any atom is 0.467 e. The molecule has 0 radical (unpaired) electrons. The van der Waals surface area contributed by atoms with Gasteiger partial charge in [-0.25, -0.2) is 0 Å². The maximum atomic E-state index is 14.2. The number of benzene rings is 4. The van der Waals surface area contributed by atoms with E-state index in [0.29, 0.717) is 27.6 Å². The summed E-state index contributed by atoms with van der Waals surface area (Å²) in [7, 11) is 0. The first-order chi connectivity index (χ1) is 29.3. The molecular formula is C48H44Br2F12N2. The average Bonchev–Trinajstić information content (AvgIpc) is 3.57. The largest absolute Gasteiger partial charge is 0.467 e. The molecular weight excluding hydrogens is 992 g/mol. The van der Waals surface area contributed by atoms with Crippen molar-refractivity contribution in [3.05, 3.63) is 139 Å². The van der Waals surface area contributed by atoms with Crippen LogP contribution in [0.25, 0.3) is 22.3 Å². The van der Waals surface area contributed by atoms with E-state index < -0.39 is 71.8 Å². The Kier molecular flexibility index (Phi) is 12.1. The number of rotatable bonds is 8. The molecule has 0 amide bonds. The quantitative estimate of drug-likeness (QED) is 0.128. The third kappa shape index (κ3) is 8.51. The van der Waals surface area contributed by atoms with E-state index in [1.165, 1.54) is 12.1 Å². The van der Waals surface area contributed by atoms with E-state index in [4.69, 9.17) is 0 Å². The Morgan fingerprint density at radius 3 is 1.41 bits per heavy atom. The summed E-state index contributed by atoms with van der Waals surface area (Å²) >= 11 is 6.95. The lowest BCUT2D eigenvalue weighted by molar-refractivity contribution is -0.373. The standard InChI is InChI=1S/C48H44Br2F12N2/c1-41(2,3)27-7-11-29(12-8-27)44(30-13-9-28(10-14-30)42(4,5)6)39-24-32(50)16-18-34(39)36-25-38-35(26-40(36)44)33-17-15-31(49)23-37(33)43(38,19-21-63(45(51,52)53)46(54,55)56)20-22-64(47(57,58)59)48(60,61)62/h7-9,11-18,23-26,28H,10,19-22H2,1-6H3. The van der Waals surface area contributed by atoms with E-state index in [0.717, 1.165) is 22.3 Å². The van der Waals surface area contributed by atoms with E-state index in [1.54, 1.807) is 24.3 Å². The summed E-state index contributed by atoms with van der Waals surface area (Å²) in [5, 5.41) is 0. The highest BCUT2D eigenvalue weighted by Gasteiger charge is 2.58. The summed E-state index contributed by atoms with van der Waals surface area (Å²) in [5.41, 5.74) is 2.20. The Balaban J connectivity index is 1.56. The lowest BCUT2D eigenvalue weighted by atomic mass is 9.64. The van der Waals surface area contributed by atoms with Crippen molar-refractivity contribution in [3.8, 4) is 22.3 Å². The third-order valence-electron chi connectivity index (χ3n) is 13.1. The van der Waals surface area contributed by atoms with E-state index in [9.17, 15) is 52.7 Å². The van der Waals surface area contributed by atoms with Crippen LogP contribution in [0.4, 0.5) is 52.7 Å². The highest BCUT2D eigenvalue weighted by atomic mass is 79.9. The minimum atomic E-state index is -5.98. The molecule has 7 rings (SSSR count). The molecule has 0 fully saturated rings. The number of hydrogen-bond donors (Lipinski definition) is 0. The van der Waals surface area contributed by atoms with Crippen molar-refractivity contribution in [2.45, 2.75) is 102 Å². The summed E-state index contributed by atoms with van der Waals surface area (Å²) in [6.45, 7) is 8.98. The Morgan fingerprint density at radius 2 is 0.969 bits per heavy atom. The second kappa shape index (κ2) is 16.0. The molecule has 0 aliphatic heterocycles. The molecule has 64 heavy (non-hydrogen) atoms.